The van der Waals surface area contributed by atoms with Crippen molar-refractivity contribution in [3.05, 3.63) is 17.9 Å². The van der Waals surface area contributed by atoms with E-state index in [-0.39, 0.29) is 0 Å². The van der Waals surface area contributed by atoms with Crippen molar-refractivity contribution in [2.45, 2.75) is 12.4 Å². The van der Waals surface area contributed by atoms with E-state index in [1.54, 1.807) is 0 Å². The van der Waals surface area contributed by atoms with Crippen molar-refractivity contribution >= 4 is 5.97 Å². The maximum atomic E-state index is 12.5. The Bertz CT molecular complexity index is 357. The third kappa shape index (κ3) is 1.33. The van der Waals surface area contributed by atoms with Gasteiger partial charge < -0.3 is 4.74 Å². The number of hydrogen-bond donors (Lipinski definition) is 0. The van der Waals surface area contributed by atoms with Crippen LogP contribution in [-0.4, -0.2) is 24.9 Å². The zero-order chi connectivity index (χ0) is 12.8. The lowest BCUT2D eigenvalue weighted by Gasteiger charge is -2.29. The highest BCUT2D eigenvalue weighted by Gasteiger charge is 2.80. The van der Waals surface area contributed by atoms with Crippen LogP contribution in [0, 0.1) is 5.41 Å². The lowest BCUT2D eigenvalue weighted by molar-refractivity contribution is -0.310. The minimum Gasteiger partial charge on any atom is -0.459 e. The highest BCUT2D eigenvalue weighted by molar-refractivity contribution is 5.85. The molecule has 8 heteroatoms. The van der Waals surface area contributed by atoms with Crippen LogP contribution in [0.4, 0.5) is 26.3 Å². The Morgan fingerprint density at radius 2 is 1.62 bits per heavy atom. The van der Waals surface area contributed by atoms with Gasteiger partial charge in [-0.2, -0.15) is 26.3 Å². The SMILES string of the molecule is C=C=C1COC(=O)C1(C(F)(F)F)C(F)(F)F. The molecule has 0 radical (unpaired) electrons. The molecule has 0 saturated carbocycles. The second-order valence-electron chi connectivity index (χ2n) is 2.98. The number of halogens is 6. The fraction of sp³-hybridized carbons (Fsp3) is 0.500. The molecule has 0 aromatic heterocycles. The molecule has 1 saturated heterocycles. The van der Waals surface area contributed by atoms with Crippen LogP contribution in [0.15, 0.2) is 17.9 Å². The fourth-order valence-corrected chi connectivity index (χ4v) is 1.40. The normalized spacial score (nSPS) is 20.6. The first-order valence-electron chi connectivity index (χ1n) is 3.79. The number of carbonyl (C=O) groups is 1. The van der Waals surface area contributed by atoms with Crippen molar-refractivity contribution in [1.82, 2.24) is 0 Å². The van der Waals surface area contributed by atoms with E-state index in [1.807, 2.05) is 0 Å². The van der Waals surface area contributed by atoms with E-state index < -0.39 is 35.9 Å². The molecule has 0 N–H and O–H groups in total. The van der Waals surface area contributed by atoms with Gasteiger partial charge in [0.15, 0.2) is 0 Å². The maximum absolute atomic E-state index is 12.5. The summed E-state index contributed by atoms with van der Waals surface area (Å²) in [6.45, 7) is 1.60. The maximum Gasteiger partial charge on any atom is 0.418 e. The number of rotatable bonds is 0. The molecule has 0 bridgehead atoms. The molecular weight excluding hydrogens is 242 g/mol. The smallest absolute Gasteiger partial charge is 0.418 e. The molecule has 1 fully saturated rings. The van der Waals surface area contributed by atoms with E-state index in [2.05, 4.69) is 11.3 Å². The standard InChI is InChI=1S/C8H4F6O2/c1-2-4-3-16-5(15)6(4,7(9,10)11)8(12,13)14/h1,3H2. The van der Waals surface area contributed by atoms with Crippen molar-refractivity contribution in [3.8, 4) is 0 Å². The third-order valence-corrected chi connectivity index (χ3v) is 2.17. The van der Waals surface area contributed by atoms with Crippen LogP contribution in [0.1, 0.15) is 0 Å². The van der Waals surface area contributed by atoms with Gasteiger partial charge in [-0.3, -0.25) is 4.79 Å². The summed E-state index contributed by atoms with van der Waals surface area (Å²) >= 11 is 0. The molecule has 0 unspecified atom stereocenters. The van der Waals surface area contributed by atoms with E-state index in [0.717, 1.165) is 0 Å². The van der Waals surface area contributed by atoms with E-state index in [9.17, 15) is 31.1 Å². The minimum absolute atomic E-state index is 1.11. The van der Waals surface area contributed by atoms with Gasteiger partial charge in [0.2, 0.25) is 0 Å². The summed E-state index contributed by atoms with van der Waals surface area (Å²) in [5.74, 6) is -2.39. The van der Waals surface area contributed by atoms with Gasteiger partial charge in [0.25, 0.3) is 5.41 Å². The topological polar surface area (TPSA) is 26.3 Å². The Morgan fingerprint density at radius 1 is 1.19 bits per heavy atom. The molecular formula is C8H4F6O2. The van der Waals surface area contributed by atoms with Crippen molar-refractivity contribution in [1.29, 1.82) is 0 Å². The first-order chi connectivity index (χ1) is 7.09. The van der Waals surface area contributed by atoms with E-state index in [4.69, 9.17) is 0 Å². The van der Waals surface area contributed by atoms with Gasteiger partial charge >= 0.3 is 18.3 Å². The van der Waals surface area contributed by atoms with Gasteiger partial charge in [-0.1, -0.05) is 6.58 Å². The molecule has 90 valence electrons. The van der Waals surface area contributed by atoms with Crippen LogP contribution in [-0.2, 0) is 9.53 Å². The molecule has 1 heterocycles. The Labute approximate surface area is 85.2 Å². The van der Waals surface area contributed by atoms with Gasteiger partial charge in [0, 0.05) is 5.57 Å². The minimum atomic E-state index is -5.83. The predicted octanol–water partition coefficient (Wildman–Crippen LogP) is 2.37. The lowest BCUT2D eigenvalue weighted by atomic mass is 9.81. The predicted molar refractivity (Wildman–Crippen MR) is 38.2 cm³/mol. The average molecular weight is 246 g/mol. The summed E-state index contributed by atoms with van der Waals surface area (Å²) < 4.78 is 78.7. The van der Waals surface area contributed by atoms with Crippen LogP contribution in [0.5, 0.6) is 0 Å². The fourth-order valence-electron chi connectivity index (χ4n) is 1.40. The van der Waals surface area contributed by atoms with Crippen LogP contribution in [0.3, 0.4) is 0 Å². The van der Waals surface area contributed by atoms with Gasteiger partial charge in [-0.25, -0.2) is 0 Å². The molecule has 0 aliphatic carbocycles. The lowest BCUT2D eigenvalue weighted by Crippen LogP contribution is -2.54. The molecule has 0 aromatic carbocycles. The van der Waals surface area contributed by atoms with Crippen molar-refractivity contribution in [2.24, 2.45) is 5.41 Å². The Hall–Kier alpha value is -1.43. The second kappa shape index (κ2) is 3.28. The van der Waals surface area contributed by atoms with Gasteiger partial charge in [0.1, 0.15) is 6.61 Å². The van der Waals surface area contributed by atoms with Gasteiger partial charge in [-0.15, -0.1) is 5.73 Å². The first-order valence-corrected chi connectivity index (χ1v) is 3.79. The zero-order valence-corrected chi connectivity index (χ0v) is 7.50. The molecule has 1 aliphatic rings. The third-order valence-electron chi connectivity index (χ3n) is 2.17. The van der Waals surface area contributed by atoms with E-state index >= 15 is 0 Å². The molecule has 0 aromatic rings. The van der Waals surface area contributed by atoms with Crippen LogP contribution in [0.2, 0.25) is 0 Å². The molecule has 0 atom stereocenters. The Kier molecular flexibility index (Phi) is 2.59. The zero-order valence-electron chi connectivity index (χ0n) is 7.50. The van der Waals surface area contributed by atoms with E-state index in [0.29, 0.717) is 0 Å². The summed E-state index contributed by atoms with van der Waals surface area (Å²) in [4.78, 5) is 10.8. The summed E-state index contributed by atoms with van der Waals surface area (Å²) in [7, 11) is 0. The Balaban J connectivity index is 3.59. The number of esters is 1. The number of alkyl halides is 6. The average Bonchev–Trinajstić information content (AvgIpc) is 2.40. The first kappa shape index (κ1) is 12.6. The number of ether oxygens (including phenoxy) is 1. The highest BCUT2D eigenvalue weighted by atomic mass is 19.4. The molecule has 0 spiro atoms. The molecule has 0 amide bonds. The van der Waals surface area contributed by atoms with Crippen LogP contribution < -0.4 is 0 Å². The van der Waals surface area contributed by atoms with Crippen molar-refractivity contribution < 1.29 is 35.9 Å². The molecule has 1 aliphatic heterocycles. The van der Waals surface area contributed by atoms with Crippen LogP contribution in [0.25, 0.3) is 0 Å². The quantitative estimate of drug-likeness (QED) is 0.372. The van der Waals surface area contributed by atoms with Crippen molar-refractivity contribution in [2.75, 3.05) is 6.61 Å². The van der Waals surface area contributed by atoms with Gasteiger partial charge in [-0.05, 0) is 0 Å². The summed E-state index contributed by atoms with van der Waals surface area (Å²) in [5, 5.41) is 0. The monoisotopic (exact) mass is 246 g/mol. The van der Waals surface area contributed by atoms with Gasteiger partial charge in [0.05, 0.1) is 0 Å². The largest absolute Gasteiger partial charge is 0.459 e. The molecule has 1 rings (SSSR count). The second-order valence-corrected chi connectivity index (χ2v) is 2.98. The summed E-state index contributed by atoms with van der Waals surface area (Å²) in [5.41, 5.74) is -4.51. The van der Waals surface area contributed by atoms with Crippen LogP contribution >= 0.6 is 0 Å². The molecule has 16 heavy (non-hydrogen) atoms. The number of cyclic esters (lactones) is 1. The number of carbonyl (C=O) groups excluding carboxylic acids is 1. The molecule has 2 nitrogen and oxygen atoms in total. The summed E-state index contributed by atoms with van der Waals surface area (Å²) in [6.07, 6.45) is -11.7. The summed E-state index contributed by atoms with van der Waals surface area (Å²) in [6, 6.07) is 0. The van der Waals surface area contributed by atoms with Crippen molar-refractivity contribution in [3.63, 3.8) is 0 Å². The van der Waals surface area contributed by atoms with E-state index in [1.165, 1.54) is 5.73 Å². The Morgan fingerprint density at radius 3 is 1.88 bits per heavy atom. The highest BCUT2D eigenvalue weighted by Crippen LogP contribution is 2.57. The number of hydrogen-bond acceptors (Lipinski definition) is 2.